The monoisotopic (exact) mass is 279 g/mol. The maximum atomic E-state index is 11.4. The number of aliphatic carboxylic acids is 1. The minimum Gasteiger partial charge on any atom is -0.480 e. The number of hydrogen-bond acceptors (Lipinski definition) is 2. The van der Waals surface area contributed by atoms with Crippen LogP contribution >= 0.6 is 0 Å². The van der Waals surface area contributed by atoms with Gasteiger partial charge in [-0.15, -0.1) is 0 Å². The van der Waals surface area contributed by atoms with Crippen molar-refractivity contribution in [1.82, 2.24) is 5.32 Å². The summed E-state index contributed by atoms with van der Waals surface area (Å²) in [6.45, 7) is 6.24. The van der Waals surface area contributed by atoms with E-state index in [-0.39, 0.29) is 5.92 Å². The summed E-state index contributed by atoms with van der Waals surface area (Å²) >= 11 is 0. The Balaban J connectivity index is 1.73. The summed E-state index contributed by atoms with van der Waals surface area (Å²) in [5.74, 6) is 2.22. The fraction of sp³-hybridized carbons (Fsp3) is 0.941. The Morgan fingerprint density at radius 1 is 1.05 bits per heavy atom. The Bertz CT molecular complexity index is 355. The van der Waals surface area contributed by atoms with Crippen LogP contribution in [0.25, 0.3) is 0 Å². The minimum absolute atomic E-state index is 0.142. The van der Waals surface area contributed by atoms with E-state index < -0.39 is 12.0 Å². The van der Waals surface area contributed by atoms with Crippen molar-refractivity contribution in [2.24, 2.45) is 29.1 Å². The van der Waals surface area contributed by atoms with Crippen LogP contribution in [0.3, 0.4) is 0 Å². The molecule has 114 valence electrons. The van der Waals surface area contributed by atoms with Crippen LogP contribution in [-0.2, 0) is 4.79 Å². The molecule has 2 unspecified atom stereocenters. The van der Waals surface area contributed by atoms with Crippen molar-refractivity contribution >= 4 is 5.97 Å². The third kappa shape index (κ3) is 2.38. The Hall–Kier alpha value is -0.570. The SMILES string of the molecule is CC(C)C(NC(C)C12CC3CC(CC(C3)C1)C2)C(=O)O. The first kappa shape index (κ1) is 14.4. The summed E-state index contributed by atoms with van der Waals surface area (Å²) in [4.78, 5) is 11.4. The molecule has 4 saturated carbocycles. The van der Waals surface area contributed by atoms with E-state index in [1.54, 1.807) is 0 Å². The molecule has 4 aliphatic carbocycles. The van der Waals surface area contributed by atoms with Gasteiger partial charge in [-0.2, -0.15) is 0 Å². The predicted molar refractivity (Wildman–Crippen MR) is 79.5 cm³/mol. The number of carboxylic acid groups (broad SMARTS) is 1. The van der Waals surface area contributed by atoms with Gasteiger partial charge in [0.05, 0.1) is 0 Å². The standard InChI is InChI=1S/C17H29NO2/c1-10(2)15(16(19)20)18-11(3)17-7-12-4-13(8-17)6-14(5-12)9-17/h10-15,18H,4-9H2,1-3H3,(H,19,20). The average molecular weight is 279 g/mol. The topological polar surface area (TPSA) is 49.3 Å². The summed E-state index contributed by atoms with van der Waals surface area (Å²) in [5, 5.41) is 12.9. The van der Waals surface area contributed by atoms with E-state index in [0.717, 1.165) is 17.8 Å². The lowest BCUT2D eigenvalue weighted by Crippen LogP contribution is -2.58. The number of nitrogens with one attached hydrogen (secondary N) is 1. The Morgan fingerprint density at radius 3 is 1.85 bits per heavy atom. The Labute approximate surface area is 122 Å². The van der Waals surface area contributed by atoms with E-state index in [2.05, 4.69) is 12.2 Å². The largest absolute Gasteiger partial charge is 0.480 e. The second-order valence-electron chi connectivity index (χ2n) is 8.23. The molecule has 0 aromatic heterocycles. The third-order valence-electron chi connectivity index (χ3n) is 6.37. The molecule has 4 rings (SSSR count). The fourth-order valence-corrected chi connectivity index (χ4v) is 5.70. The molecule has 0 heterocycles. The summed E-state index contributed by atoms with van der Waals surface area (Å²) < 4.78 is 0. The maximum Gasteiger partial charge on any atom is 0.320 e. The molecule has 2 atom stereocenters. The third-order valence-corrected chi connectivity index (χ3v) is 6.37. The molecule has 0 aliphatic heterocycles. The van der Waals surface area contributed by atoms with Crippen LogP contribution in [0.5, 0.6) is 0 Å². The van der Waals surface area contributed by atoms with Crippen molar-refractivity contribution in [3.8, 4) is 0 Å². The average Bonchev–Trinajstić information content (AvgIpc) is 2.32. The van der Waals surface area contributed by atoms with E-state index >= 15 is 0 Å². The van der Waals surface area contributed by atoms with E-state index in [0.29, 0.717) is 11.5 Å². The highest BCUT2D eigenvalue weighted by atomic mass is 16.4. The first-order valence-electron chi connectivity index (χ1n) is 8.38. The van der Waals surface area contributed by atoms with Gasteiger partial charge in [-0.3, -0.25) is 4.79 Å². The molecule has 0 radical (unpaired) electrons. The van der Waals surface area contributed by atoms with Crippen LogP contribution in [0.2, 0.25) is 0 Å². The summed E-state index contributed by atoms with van der Waals surface area (Å²) in [7, 11) is 0. The molecule has 3 heteroatoms. The molecule has 4 aliphatic rings. The molecule has 0 aromatic carbocycles. The minimum atomic E-state index is -0.698. The Morgan fingerprint density at radius 2 is 1.50 bits per heavy atom. The van der Waals surface area contributed by atoms with Crippen LogP contribution in [0.4, 0.5) is 0 Å². The van der Waals surface area contributed by atoms with Crippen LogP contribution in [0, 0.1) is 29.1 Å². The van der Waals surface area contributed by atoms with Crippen molar-refractivity contribution in [3.63, 3.8) is 0 Å². The van der Waals surface area contributed by atoms with Gasteiger partial charge >= 0.3 is 5.97 Å². The molecular formula is C17H29NO2. The van der Waals surface area contributed by atoms with Gasteiger partial charge in [0.1, 0.15) is 6.04 Å². The quantitative estimate of drug-likeness (QED) is 0.812. The predicted octanol–water partition coefficient (Wildman–Crippen LogP) is 3.29. The highest BCUT2D eigenvalue weighted by molar-refractivity contribution is 5.73. The highest BCUT2D eigenvalue weighted by Gasteiger charge is 2.53. The van der Waals surface area contributed by atoms with Crippen molar-refractivity contribution in [1.29, 1.82) is 0 Å². The van der Waals surface area contributed by atoms with E-state index in [1.807, 2.05) is 13.8 Å². The van der Waals surface area contributed by atoms with Crippen LogP contribution in [0.1, 0.15) is 59.3 Å². The molecule has 20 heavy (non-hydrogen) atoms. The lowest BCUT2D eigenvalue weighted by atomic mass is 9.48. The number of hydrogen-bond donors (Lipinski definition) is 2. The van der Waals surface area contributed by atoms with E-state index in [1.165, 1.54) is 38.5 Å². The first-order valence-corrected chi connectivity index (χ1v) is 8.38. The molecule has 4 fully saturated rings. The van der Waals surface area contributed by atoms with Crippen molar-refractivity contribution in [3.05, 3.63) is 0 Å². The molecule has 0 aromatic rings. The number of carbonyl (C=O) groups is 1. The number of carboxylic acids is 1. The molecule has 2 N–H and O–H groups in total. The summed E-state index contributed by atoms with van der Waals surface area (Å²) in [6.07, 6.45) is 8.32. The zero-order chi connectivity index (χ0) is 14.5. The van der Waals surface area contributed by atoms with Gasteiger partial charge in [0.2, 0.25) is 0 Å². The molecule has 0 amide bonds. The van der Waals surface area contributed by atoms with Crippen molar-refractivity contribution in [2.75, 3.05) is 0 Å². The van der Waals surface area contributed by atoms with Crippen LogP contribution in [-0.4, -0.2) is 23.2 Å². The van der Waals surface area contributed by atoms with E-state index in [4.69, 9.17) is 0 Å². The lowest BCUT2D eigenvalue weighted by molar-refractivity contribution is -0.142. The highest BCUT2D eigenvalue weighted by Crippen LogP contribution is 2.61. The van der Waals surface area contributed by atoms with Gasteiger partial charge in [-0.1, -0.05) is 13.8 Å². The molecule has 0 spiro atoms. The lowest BCUT2D eigenvalue weighted by Gasteiger charge is -2.59. The van der Waals surface area contributed by atoms with Gasteiger partial charge in [-0.05, 0) is 74.5 Å². The Kier molecular flexibility index (Phi) is 3.60. The van der Waals surface area contributed by atoms with Gasteiger partial charge in [0, 0.05) is 6.04 Å². The summed E-state index contributed by atoms with van der Waals surface area (Å²) in [5.41, 5.74) is 0.386. The molecule has 4 bridgehead atoms. The van der Waals surface area contributed by atoms with Gasteiger partial charge in [-0.25, -0.2) is 0 Å². The normalized spacial score (nSPS) is 41.9. The van der Waals surface area contributed by atoms with E-state index in [9.17, 15) is 9.90 Å². The van der Waals surface area contributed by atoms with Crippen LogP contribution < -0.4 is 5.32 Å². The maximum absolute atomic E-state index is 11.4. The molecule has 0 saturated heterocycles. The fourth-order valence-electron chi connectivity index (χ4n) is 5.70. The summed E-state index contributed by atoms with van der Waals surface area (Å²) in [6, 6.07) is -0.0718. The molecule has 3 nitrogen and oxygen atoms in total. The first-order chi connectivity index (χ1) is 9.39. The second-order valence-corrected chi connectivity index (χ2v) is 8.23. The zero-order valence-corrected chi connectivity index (χ0v) is 13.1. The van der Waals surface area contributed by atoms with Crippen molar-refractivity contribution < 1.29 is 9.90 Å². The van der Waals surface area contributed by atoms with Gasteiger partial charge < -0.3 is 10.4 Å². The zero-order valence-electron chi connectivity index (χ0n) is 13.1. The van der Waals surface area contributed by atoms with Crippen molar-refractivity contribution in [2.45, 2.75) is 71.4 Å². The smallest absolute Gasteiger partial charge is 0.320 e. The molecular weight excluding hydrogens is 250 g/mol. The van der Waals surface area contributed by atoms with Gasteiger partial charge in [0.15, 0.2) is 0 Å². The second kappa shape index (κ2) is 5.01. The number of rotatable bonds is 5. The van der Waals surface area contributed by atoms with Crippen LogP contribution in [0.15, 0.2) is 0 Å². The van der Waals surface area contributed by atoms with Gasteiger partial charge in [0.25, 0.3) is 0 Å².